The normalized spacial score (nSPS) is 12.1. The number of sulfonamides is 1. The molecule has 6 nitrogen and oxygen atoms in total. The number of carbonyl (C=O) groups excluding carboxylic acids is 1. The molecule has 0 fully saturated rings. The van der Waals surface area contributed by atoms with E-state index in [4.69, 9.17) is 4.74 Å². The number of hydrogen-bond donors (Lipinski definition) is 2. The van der Waals surface area contributed by atoms with Crippen LogP contribution in [0.5, 0.6) is 5.75 Å². The first-order valence-corrected chi connectivity index (χ1v) is 11.9. The number of anilines is 2. The van der Waals surface area contributed by atoms with Gasteiger partial charge < -0.3 is 10.1 Å². The van der Waals surface area contributed by atoms with Gasteiger partial charge in [0.15, 0.2) is 6.10 Å². The highest BCUT2D eigenvalue weighted by atomic mass is 32.2. The predicted molar refractivity (Wildman–Crippen MR) is 128 cm³/mol. The van der Waals surface area contributed by atoms with Gasteiger partial charge in [0.2, 0.25) is 0 Å². The Balaban J connectivity index is 1.68. The van der Waals surface area contributed by atoms with Gasteiger partial charge in [-0.25, -0.2) is 8.42 Å². The van der Waals surface area contributed by atoms with Gasteiger partial charge in [0.25, 0.3) is 15.9 Å². The Morgan fingerprint density at radius 1 is 0.938 bits per heavy atom. The molecule has 0 radical (unpaired) electrons. The maximum Gasteiger partial charge on any atom is 0.265 e. The summed E-state index contributed by atoms with van der Waals surface area (Å²) in [5, 5.41) is 2.79. The minimum Gasteiger partial charge on any atom is -0.481 e. The quantitative estimate of drug-likeness (QED) is 0.491. The van der Waals surface area contributed by atoms with Gasteiger partial charge in [0.1, 0.15) is 5.75 Å². The number of aryl methyl sites for hydroxylation is 3. The standard InChI is InChI=1S/C25H28N2O4S/c1-5-24(31-21-8-6-7-17(2)16-21)25(28)26-20-10-12-22(13-11-20)32(29,30)27-23-14-9-18(3)15-19(23)4/h6-16,24,27H,5H2,1-4H3,(H,26,28). The summed E-state index contributed by atoms with van der Waals surface area (Å²) in [5.74, 6) is 0.337. The zero-order valence-electron chi connectivity index (χ0n) is 18.7. The van der Waals surface area contributed by atoms with Crippen molar-refractivity contribution in [2.24, 2.45) is 0 Å². The summed E-state index contributed by atoms with van der Waals surface area (Å²) in [7, 11) is -3.75. The number of benzene rings is 3. The minimum atomic E-state index is -3.75. The van der Waals surface area contributed by atoms with Gasteiger partial charge in [-0.05, 0) is 80.8 Å². The highest BCUT2D eigenvalue weighted by Crippen LogP contribution is 2.22. The highest BCUT2D eigenvalue weighted by molar-refractivity contribution is 7.92. The number of amides is 1. The van der Waals surface area contributed by atoms with Crippen molar-refractivity contribution in [1.29, 1.82) is 0 Å². The molecule has 0 aliphatic heterocycles. The lowest BCUT2D eigenvalue weighted by molar-refractivity contribution is -0.122. The Hall–Kier alpha value is -3.32. The molecule has 32 heavy (non-hydrogen) atoms. The van der Waals surface area contributed by atoms with Crippen LogP contribution >= 0.6 is 0 Å². The smallest absolute Gasteiger partial charge is 0.265 e. The molecule has 0 saturated heterocycles. The zero-order chi connectivity index (χ0) is 23.3. The van der Waals surface area contributed by atoms with E-state index in [0.717, 1.165) is 16.7 Å². The van der Waals surface area contributed by atoms with Crippen molar-refractivity contribution in [3.05, 3.63) is 83.4 Å². The van der Waals surface area contributed by atoms with Crippen LogP contribution in [0.25, 0.3) is 0 Å². The van der Waals surface area contributed by atoms with E-state index in [1.54, 1.807) is 18.2 Å². The molecule has 168 valence electrons. The summed E-state index contributed by atoms with van der Waals surface area (Å²) in [4.78, 5) is 12.8. The maximum absolute atomic E-state index is 12.7. The molecule has 0 aliphatic carbocycles. The van der Waals surface area contributed by atoms with E-state index in [9.17, 15) is 13.2 Å². The Bertz CT molecular complexity index is 1200. The fourth-order valence-corrected chi connectivity index (χ4v) is 4.38. The van der Waals surface area contributed by atoms with Crippen molar-refractivity contribution < 1.29 is 17.9 Å². The lowest BCUT2D eigenvalue weighted by atomic mass is 10.1. The Kier molecular flexibility index (Phi) is 7.20. The molecule has 0 heterocycles. The van der Waals surface area contributed by atoms with Crippen LogP contribution in [0, 0.1) is 20.8 Å². The van der Waals surface area contributed by atoms with E-state index in [0.29, 0.717) is 23.5 Å². The van der Waals surface area contributed by atoms with Gasteiger partial charge in [-0.15, -0.1) is 0 Å². The third-order valence-corrected chi connectivity index (χ3v) is 6.37. The lowest BCUT2D eigenvalue weighted by Crippen LogP contribution is -2.32. The van der Waals surface area contributed by atoms with Gasteiger partial charge in [-0.2, -0.15) is 0 Å². The van der Waals surface area contributed by atoms with E-state index in [2.05, 4.69) is 10.0 Å². The Morgan fingerprint density at radius 3 is 2.25 bits per heavy atom. The van der Waals surface area contributed by atoms with E-state index in [1.807, 2.05) is 64.1 Å². The number of nitrogens with one attached hydrogen (secondary N) is 2. The van der Waals surface area contributed by atoms with Crippen LogP contribution in [0.1, 0.15) is 30.0 Å². The summed E-state index contributed by atoms with van der Waals surface area (Å²) in [6.45, 7) is 7.63. The summed E-state index contributed by atoms with van der Waals surface area (Å²) in [6.07, 6.45) is -0.169. The monoisotopic (exact) mass is 452 g/mol. The van der Waals surface area contributed by atoms with Crippen molar-refractivity contribution in [2.45, 2.75) is 45.1 Å². The molecule has 7 heteroatoms. The molecular formula is C25H28N2O4S. The maximum atomic E-state index is 12.7. The Morgan fingerprint density at radius 2 is 1.62 bits per heavy atom. The number of hydrogen-bond acceptors (Lipinski definition) is 4. The van der Waals surface area contributed by atoms with Crippen molar-refractivity contribution in [3.8, 4) is 5.75 Å². The largest absolute Gasteiger partial charge is 0.481 e. The van der Waals surface area contributed by atoms with Crippen molar-refractivity contribution in [3.63, 3.8) is 0 Å². The first-order valence-electron chi connectivity index (χ1n) is 10.4. The molecule has 3 aromatic carbocycles. The first kappa shape index (κ1) is 23.3. The SMILES string of the molecule is CCC(Oc1cccc(C)c1)C(=O)Nc1ccc(S(=O)(=O)Nc2ccc(C)cc2C)cc1. The van der Waals surface area contributed by atoms with Crippen LogP contribution in [-0.2, 0) is 14.8 Å². The van der Waals surface area contributed by atoms with Crippen LogP contribution in [0.2, 0.25) is 0 Å². The fourth-order valence-electron chi connectivity index (χ4n) is 3.25. The van der Waals surface area contributed by atoms with Gasteiger partial charge >= 0.3 is 0 Å². The van der Waals surface area contributed by atoms with Crippen LogP contribution in [0.3, 0.4) is 0 Å². The van der Waals surface area contributed by atoms with Crippen molar-refractivity contribution in [1.82, 2.24) is 0 Å². The fraction of sp³-hybridized carbons (Fsp3) is 0.240. The average molecular weight is 453 g/mol. The molecule has 3 aromatic rings. The van der Waals surface area contributed by atoms with Crippen LogP contribution in [-0.4, -0.2) is 20.4 Å². The third kappa shape index (κ3) is 5.88. The highest BCUT2D eigenvalue weighted by Gasteiger charge is 2.20. The zero-order valence-corrected chi connectivity index (χ0v) is 19.5. The van der Waals surface area contributed by atoms with Crippen molar-refractivity contribution >= 4 is 27.3 Å². The summed E-state index contributed by atoms with van der Waals surface area (Å²) < 4.78 is 33.9. The van der Waals surface area contributed by atoms with Crippen LogP contribution in [0.15, 0.2) is 71.6 Å². The molecule has 1 unspecified atom stereocenters. The minimum absolute atomic E-state index is 0.110. The number of carbonyl (C=O) groups is 1. The van der Waals surface area contributed by atoms with Gasteiger partial charge in [0.05, 0.1) is 10.6 Å². The molecule has 1 atom stereocenters. The predicted octanol–water partition coefficient (Wildman–Crippen LogP) is 5.21. The average Bonchev–Trinajstić information content (AvgIpc) is 2.74. The Labute approximate surface area is 189 Å². The molecule has 2 N–H and O–H groups in total. The second kappa shape index (κ2) is 9.87. The molecule has 0 aromatic heterocycles. The summed E-state index contributed by atoms with van der Waals surface area (Å²) in [5.41, 5.74) is 3.97. The van der Waals surface area contributed by atoms with E-state index in [1.165, 1.54) is 12.1 Å². The molecular weight excluding hydrogens is 424 g/mol. The number of rotatable bonds is 8. The molecule has 0 saturated carbocycles. The van der Waals surface area contributed by atoms with Crippen LogP contribution < -0.4 is 14.8 Å². The second-order valence-corrected chi connectivity index (χ2v) is 9.45. The van der Waals surface area contributed by atoms with Crippen LogP contribution in [0.4, 0.5) is 11.4 Å². The summed E-state index contributed by atoms with van der Waals surface area (Å²) >= 11 is 0. The molecule has 0 aliphatic rings. The molecule has 0 spiro atoms. The molecule has 0 bridgehead atoms. The molecule has 3 rings (SSSR count). The van der Waals surface area contributed by atoms with E-state index in [-0.39, 0.29) is 10.8 Å². The first-order chi connectivity index (χ1) is 15.2. The van der Waals surface area contributed by atoms with E-state index >= 15 is 0 Å². The number of ether oxygens (including phenoxy) is 1. The third-order valence-electron chi connectivity index (χ3n) is 4.99. The topological polar surface area (TPSA) is 84.5 Å². The lowest BCUT2D eigenvalue weighted by Gasteiger charge is -2.18. The van der Waals surface area contributed by atoms with Crippen molar-refractivity contribution in [2.75, 3.05) is 10.0 Å². The van der Waals surface area contributed by atoms with Gasteiger partial charge in [0, 0.05) is 5.69 Å². The van der Waals surface area contributed by atoms with E-state index < -0.39 is 16.1 Å². The molecule has 1 amide bonds. The van der Waals surface area contributed by atoms with Gasteiger partial charge in [-0.3, -0.25) is 9.52 Å². The second-order valence-electron chi connectivity index (χ2n) is 7.77. The summed E-state index contributed by atoms with van der Waals surface area (Å²) in [6, 6.07) is 19.1. The van der Waals surface area contributed by atoms with Gasteiger partial charge in [-0.1, -0.05) is 36.8 Å².